The first-order chi connectivity index (χ1) is 10.6. The number of rotatable bonds is 2. The molecule has 0 amide bonds. The van der Waals surface area contributed by atoms with Gasteiger partial charge in [-0.25, -0.2) is 9.79 Å². The van der Waals surface area contributed by atoms with Crippen molar-refractivity contribution in [1.29, 1.82) is 0 Å². The van der Waals surface area contributed by atoms with Crippen LogP contribution in [0, 0.1) is 10.1 Å². The van der Waals surface area contributed by atoms with Crippen LogP contribution in [-0.4, -0.2) is 9.49 Å². The third-order valence-electron chi connectivity index (χ3n) is 3.22. The zero-order valence-corrected chi connectivity index (χ0v) is 11.6. The Morgan fingerprint density at radius 1 is 1.18 bits per heavy atom. The lowest BCUT2D eigenvalue weighted by atomic mass is 10.2. The number of nitro groups is 1. The zero-order valence-electron chi connectivity index (χ0n) is 11.6. The van der Waals surface area contributed by atoms with Gasteiger partial charge >= 0.3 is 5.76 Å². The van der Waals surface area contributed by atoms with E-state index in [1.807, 2.05) is 0 Å². The van der Waals surface area contributed by atoms with Crippen LogP contribution in [0.15, 0.2) is 62.7 Å². The summed E-state index contributed by atoms with van der Waals surface area (Å²) >= 11 is 0. The van der Waals surface area contributed by atoms with Gasteiger partial charge in [-0.1, -0.05) is 18.2 Å². The predicted molar refractivity (Wildman–Crippen MR) is 79.8 cm³/mol. The van der Waals surface area contributed by atoms with Crippen molar-refractivity contribution in [3.63, 3.8) is 0 Å². The molecule has 0 aliphatic heterocycles. The molecule has 0 aliphatic carbocycles. The summed E-state index contributed by atoms with van der Waals surface area (Å²) in [5.41, 5.74) is 1.06. The van der Waals surface area contributed by atoms with Gasteiger partial charge in [0.2, 0.25) is 5.55 Å². The Labute approximate surface area is 123 Å². The molecule has 1 heterocycles. The van der Waals surface area contributed by atoms with Crippen molar-refractivity contribution in [2.24, 2.45) is 12.0 Å². The minimum atomic E-state index is -0.553. The fourth-order valence-corrected chi connectivity index (χ4v) is 2.13. The third-order valence-corrected chi connectivity index (χ3v) is 3.22. The normalized spacial score (nSPS) is 11.8. The molecule has 0 atom stereocenters. The lowest BCUT2D eigenvalue weighted by molar-refractivity contribution is -0.384. The quantitative estimate of drug-likeness (QED) is 0.536. The second-order valence-electron chi connectivity index (χ2n) is 4.64. The molecule has 0 fully saturated rings. The standard InChI is InChI=1S/C15H11N3O4/c1-17-13-8-3-2-7-12(13)14(22-15(17)19)16-10-5-4-6-11(9-10)18(20)21/h2-9H,1H3. The van der Waals surface area contributed by atoms with Crippen LogP contribution in [-0.2, 0) is 7.05 Å². The topological polar surface area (TPSA) is 90.6 Å². The van der Waals surface area contributed by atoms with Crippen LogP contribution in [0.3, 0.4) is 0 Å². The summed E-state index contributed by atoms with van der Waals surface area (Å²) in [7, 11) is 1.60. The van der Waals surface area contributed by atoms with E-state index < -0.39 is 10.7 Å². The predicted octanol–water partition coefficient (Wildman–Crippen LogP) is 2.27. The Morgan fingerprint density at radius 3 is 2.73 bits per heavy atom. The molecule has 0 unspecified atom stereocenters. The molecule has 0 radical (unpaired) electrons. The highest BCUT2D eigenvalue weighted by molar-refractivity contribution is 5.77. The largest absolute Gasteiger partial charge is 0.420 e. The number of aryl methyl sites for hydroxylation is 1. The highest BCUT2D eigenvalue weighted by Crippen LogP contribution is 2.19. The van der Waals surface area contributed by atoms with Gasteiger partial charge < -0.3 is 4.42 Å². The van der Waals surface area contributed by atoms with Crippen LogP contribution >= 0.6 is 0 Å². The van der Waals surface area contributed by atoms with Gasteiger partial charge in [0, 0.05) is 19.2 Å². The van der Waals surface area contributed by atoms with Crippen molar-refractivity contribution in [2.45, 2.75) is 0 Å². The second-order valence-corrected chi connectivity index (χ2v) is 4.64. The molecule has 7 nitrogen and oxygen atoms in total. The first-order valence-corrected chi connectivity index (χ1v) is 6.44. The molecule has 0 saturated heterocycles. The van der Waals surface area contributed by atoms with E-state index in [2.05, 4.69) is 4.99 Å². The smallest absolute Gasteiger partial charge is 0.390 e. The van der Waals surface area contributed by atoms with Crippen LogP contribution < -0.4 is 11.3 Å². The van der Waals surface area contributed by atoms with Crippen LogP contribution in [0.1, 0.15) is 0 Å². The summed E-state index contributed by atoms with van der Waals surface area (Å²) in [6.07, 6.45) is 0. The number of fused-ring (bicyclic) bond motifs is 1. The fourth-order valence-electron chi connectivity index (χ4n) is 2.13. The number of para-hydroxylation sites is 1. The maximum Gasteiger partial charge on any atom is 0.420 e. The van der Waals surface area contributed by atoms with Crippen molar-refractivity contribution >= 4 is 22.3 Å². The Bertz CT molecular complexity index is 1000. The van der Waals surface area contributed by atoms with Crippen molar-refractivity contribution < 1.29 is 9.34 Å². The van der Waals surface area contributed by atoms with Gasteiger partial charge in [-0.05, 0) is 18.2 Å². The first kappa shape index (κ1) is 13.7. The van der Waals surface area contributed by atoms with E-state index in [4.69, 9.17) is 4.42 Å². The molecule has 1 aromatic heterocycles. The summed E-state index contributed by atoms with van der Waals surface area (Å²) in [6, 6.07) is 13.0. The summed E-state index contributed by atoms with van der Waals surface area (Å²) in [4.78, 5) is 26.4. The van der Waals surface area contributed by atoms with E-state index in [0.29, 0.717) is 16.6 Å². The number of aromatic nitrogens is 1. The molecule has 0 spiro atoms. The van der Waals surface area contributed by atoms with Gasteiger partial charge in [-0.3, -0.25) is 14.7 Å². The van der Waals surface area contributed by atoms with Crippen molar-refractivity contribution in [3.05, 3.63) is 74.7 Å². The van der Waals surface area contributed by atoms with Crippen LogP contribution in [0.2, 0.25) is 0 Å². The average molecular weight is 297 g/mol. The Morgan fingerprint density at radius 2 is 1.95 bits per heavy atom. The molecule has 0 saturated carbocycles. The van der Waals surface area contributed by atoms with E-state index in [0.717, 1.165) is 0 Å². The van der Waals surface area contributed by atoms with Crippen molar-refractivity contribution in [1.82, 2.24) is 4.57 Å². The average Bonchev–Trinajstić information content (AvgIpc) is 2.52. The number of hydrogen-bond acceptors (Lipinski definition) is 5. The Kier molecular flexibility index (Phi) is 3.30. The number of nitro benzene ring substituents is 1. The van der Waals surface area contributed by atoms with Crippen molar-refractivity contribution in [3.8, 4) is 0 Å². The molecule has 22 heavy (non-hydrogen) atoms. The van der Waals surface area contributed by atoms with E-state index in [1.165, 1.54) is 22.8 Å². The van der Waals surface area contributed by atoms with Crippen molar-refractivity contribution in [2.75, 3.05) is 0 Å². The van der Waals surface area contributed by atoms with Gasteiger partial charge in [0.15, 0.2) is 0 Å². The Hall–Kier alpha value is -3.22. The summed E-state index contributed by atoms with van der Waals surface area (Å²) in [5, 5.41) is 11.5. The zero-order chi connectivity index (χ0) is 15.7. The van der Waals surface area contributed by atoms with Gasteiger partial charge in [0.25, 0.3) is 5.69 Å². The van der Waals surface area contributed by atoms with E-state index in [9.17, 15) is 14.9 Å². The molecule has 0 N–H and O–H groups in total. The van der Waals surface area contributed by atoms with Gasteiger partial charge in [0.05, 0.1) is 21.5 Å². The third kappa shape index (κ3) is 2.39. The number of nitrogens with zero attached hydrogens (tertiary/aromatic N) is 3. The summed E-state index contributed by atoms with van der Waals surface area (Å²) in [6.45, 7) is 0. The maximum atomic E-state index is 11.8. The molecular weight excluding hydrogens is 286 g/mol. The minimum absolute atomic E-state index is 0.0746. The van der Waals surface area contributed by atoms with Gasteiger partial charge in [0.1, 0.15) is 0 Å². The molecule has 3 rings (SSSR count). The molecule has 2 aromatic carbocycles. The lowest BCUT2D eigenvalue weighted by Gasteiger charge is -2.03. The lowest BCUT2D eigenvalue weighted by Crippen LogP contribution is -2.23. The Balaban J connectivity index is 2.31. The second kappa shape index (κ2) is 5.28. The molecule has 7 heteroatoms. The van der Waals surface area contributed by atoms with E-state index in [1.54, 1.807) is 37.4 Å². The van der Waals surface area contributed by atoms with Crippen LogP contribution in [0.5, 0.6) is 0 Å². The number of non-ortho nitro benzene ring substituents is 1. The maximum absolute atomic E-state index is 11.8. The number of benzene rings is 2. The molecular formula is C15H11N3O4. The summed E-state index contributed by atoms with van der Waals surface area (Å²) < 4.78 is 6.57. The molecule has 0 aliphatic rings. The minimum Gasteiger partial charge on any atom is -0.390 e. The summed E-state index contributed by atoms with van der Waals surface area (Å²) in [5.74, 6) is -0.553. The van der Waals surface area contributed by atoms with Crippen LogP contribution in [0.4, 0.5) is 11.4 Å². The highest BCUT2D eigenvalue weighted by atomic mass is 16.6. The molecule has 110 valence electrons. The first-order valence-electron chi connectivity index (χ1n) is 6.44. The number of hydrogen-bond donors (Lipinski definition) is 0. The van der Waals surface area contributed by atoms with Crippen LogP contribution in [0.25, 0.3) is 10.9 Å². The molecule has 0 bridgehead atoms. The highest BCUT2D eigenvalue weighted by Gasteiger charge is 2.07. The van der Waals surface area contributed by atoms with E-state index >= 15 is 0 Å². The fraction of sp³-hybridized carbons (Fsp3) is 0.0667. The monoisotopic (exact) mass is 297 g/mol. The SMILES string of the molecule is Cn1c(=O)oc(=Nc2cccc([N+](=O)[O-])c2)c2ccccc21. The van der Waals surface area contributed by atoms with E-state index in [-0.39, 0.29) is 11.2 Å². The molecule has 3 aromatic rings. The van der Waals surface area contributed by atoms with Gasteiger partial charge in [-0.15, -0.1) is 0 Å². The van der Waals surface area contributed by atoms with Gasteiger partial charge in [-0.2, -0.15) is 0 Å².